The Labute approximate surface area is 124 Å². The van der Waals surface area contributed by atoms with Crippen molar-refractivity contribution in [2.24, 2.45) is 5.73 Å². The summed E-state index contributed by atoms with van der Waals surface area (Å²) in [4.78, 5) is 4.41. The first-order chi connectivity index (χ1) is 10.2. The normalized spacial score (nSPS) is 11.2. The van der Waals surface area contributed by atoms with Gasteiger partial charge in [-0.1, -0.05) is 18.2 Å². The lowest BCUT2D eigenvalue weighted by Crippen LogP contribution is -2.07. The molecular weight excluding hydrogens is 260 g/mol. The van der Waals surface area contributed by atoms with E-state index >= 15 is 0 Å². The first-order valence-electron chi connectivity index (χ1n) is 7.26. The van der Waals surface area contributed by atoms with Crippen LogP contribution in [0, 0.1) is 13.8 Å². The summed E-state index contributed by atoms with van der Waals surface area (Å²) in [5, 5.41) is 5.86. The molecular formula is C17H20N4. The van der Waals surface area contributed by atoms with Crippen LogP contribution < -0.4 is 5.73 Å². The smallest absolute Gasteiger partial charge is 0.0705 e. The highest BCUT2D eigenvalue weighted by molar-refractivity contribution is 5.81. The van der Waals surface area contributed by atoms with Crippen molar-refractivity contribution in [2.45, 2.75) is 26.8 Å². The lowest BCUT2D eigenvalue weighted by atomic mass is 10.1. The van der Waals surface area contributed by atoms with Crippen molar-refractivity contribution in [1.82, 2.24) is 14.8 Å². The summed E-state index contributed by atoms with van der Waals surface area (Å²) in [5.74, 6) is 0. The summed E-state index contributed by atoms with van der Waals surface area (Å²) in [6, 6.07) is 10.3. The van der Waals surface area contributed by atoms with Gasteiger partial charge >= 0.3 is 0 Å². The molecule has 3 aromatic rings. The summed E-state index contributed by atoms with van der Waals surface area (Å²) in [6.07, 6.45) is 2.75. The highest BCUT2D eigenvalue weighted by atomic mass is 15.3. The molecule has 0 aliphatic rings. The Morgan fingerprint density at radius 1 is 1.14 bits per heavy atom. The highest BCUT2D eigenvalue weighted by Gasteiger charge is 2.12. The SMILES string of the molecule is Cc1nn(Cc2ccnc3ccccc23)c(C)c1CCN. The number of hydrogen-bond donors (Lipinski definition) is 1. The molecule has 108 valence electrons. The summed E-state index contributed by atoms with van der Waals surface area (Å²) in [5.41, 5.74) is 11.5. The molecule has 0 amide bonds. The lowest BCUT2D eigenvalue weighted by Gasteiger charge is -2.08. The van der Waals surface area contributed by atoms with Gasteiger partial charge in [-0.15, -0.1) is 0 Å². The summed E-state index contributed by atoms with van der Waals surface area (Å²) >= 11 is 0. The first kappa shape index (κ1) is 13.8. The molecule has 2 aromatic heterocycles. The van der Waals surface area contributed by atoms with Gasteiger partial charge in [-0.2, -0.15) is 5.10 Å². The molecule has 2 N–H and O–H groups in total. The fraction of sp³-hybridized carbons (Fsp3) is 0.294. The number of aromatic nitrogens is 3. The van der Waals surface area contributed by atoms with Crippen molar-refractivity contribution >= 4 is 10.9 Å². The van der Waals surface area contributed by atoms with Crippen molar-refractivity contribution in [3.05, 3.63) is 59.0 Å². The molecule has 4 nitrogen and oxygen atoms in total. The van der Waals surface area contributed by atoms with E-state index in [1.165, 1.54) is 22.2 Å². The zero-order valence-corrected chi connectivity index (χ0v) is 12.5. The maximum absolute atomic E-state index is 5.69. The quantitative estimate of drug-likeness (QED) is 0.799. The average Bonchev–Trinajstić information content (AvgIpc) is 2.76. The molecule has 3 rings (SSSR count). The fourth-order valence-electron chi connectivity index (χ4n) is 2.85. The zero-order chi connectivity index (χ0) is 14.8. The third-order valence-corrected chi connectivity index (χ3v) is 3.99. The minimum absolute atomic E-state index is 0.658. The van der Waals surface area contributed by atoms with Crippen LogP contribution in [0.25, 0.3) is 10.9 Å². The highest BCUT2D eigenvalue weighted by Crippen LogP contribution is 2.20. The Kier molecular flexibility index (Phi) is 3.71. The topological polar surface area (TPSA) is 56.7 Å². The van der Waals surface area contributed by atoms with E-state index in [-0.39, 0.29) is 0 Å². The molecule has 0 unspecified atom stereocenters. The van der Waals surface area contributed by atoms with Crippen molar-refractivity contribution in [3.63, 3.8) is 0 Å². The van der Waals surface area contributed by atoms with Crippen LogP contribution >= 0.6 is 0 Å². The predicted octanol–water partition coefficient (Wildman–Crippen LogP) is 2.60. The van der Waals surface area contributed by atoms with Crippen molar-refractivity contribution in [3.8, 4) is 0 Å². The van der Waals surface area contributed by atoms with Gasteiger partial charge < -0.3 is 5.73 Å². The molecule has 0 atom stereocenters. The van der Waals surface area contributed by atoms with E-state index in [2.05, 4.69) is 46.8 Å². The van der Waals surface area contributed by atoms with E-state index < -0.39 is 0 Å². The number of fused-ring (bicyclic) bond motifs is 1. The van der Waals surface area contributed by atoms with E-state index in [0.717, 1.165) is 24.2 Å². The van der Waals surface area contributed by atoms with Crippen LogP contribution in [0.5, 0.6) is 0 Å². The van der Waals surface area contributed by atoms with Gasteiger partial charge in [0.25, 0.3) is 0 Å². The molecule has 0 saturated carbocycles. The Hall–Kier alpha value is -2.20. The predicted molar refractivity (Wildman–Crippen MR) is 85.3 cm³/mol. The van der Waals surface area contributed by atoms with Crippen molar-refractivity contribution < 1.29 is 0 Å². The van der Waals surface area contributed by atoms with Gasteiger partial charge in [-0.25, -0.2) is 0 Å². The monoisotopic (exact) mass is 280 g/mol. The molecule has 0 aliphatic carbocycles. The maximum atomic E-state index is 5.69. The number of aryl methyl sites for hydroxylation is 1. The van der Waals surface area contributed by atoms with E-state index in [9.17, 15) is 0 Å². The van der Waals surface area contributed by atoms with Crippen LogP contribution in [0.4, 0.5) is 0 Å². The Morgan fingerprint density at radius 3 is 2.76 bits per heavy atom. The number of nitrogens with zero attached hydrogens (tertiary/aromatic N) is 3. The van der Waals surface area contributed by atoms with Gasteiger partial charge in [0.1, 0.15) is 0 Å². The second kappa shape index (κ2) is 5.66. The first-order valence-corrected chi connectivity index (χ1v) is 7.26. The molecule has 2 heterocycles. The van der Waals surface area contributed by atoms with Crippen molar-refractivity contribution in [2.75, 3.05) is 6.54 Å². The van der Waals surface area contributed by atoms with Gasteiger partial charge in [0.2, 0.25) is 0 Å². The van der Waals surface area contributed by atoms with Crippen LogP contribution in [0.2, 0.25) is 0 Å². The van der Waals surface area contributed by atoms with Gasteiger partial charge in [0, 0.05) is 17.3 Å². The van der Waals surface area contributed by atoms with Crippen LogP contribution in [0.15, 0.2) is 36.5 Å². The molecule has 0 radical (unpaired) electrons. The Morgan fingerprint density at radius 2 is 1.95 bits per heavy atom. The number of benzene rings is 1. The number of pyridine rings is 1. The van der Waals surface area contributed by atoms with Crippen LogP contribution in [-0.4, -0.2) is 21.3 Å². The minimum Gasteiger partial charge on any atom is -0.330 e. The molecule has 0 saturated heterocycles. The summed E-state index contributed by atoms with van der Waals surface area (Å²) < 4.78 is 2.07. The average molecular weight is 280 g/mol. The molecule has 1 aromatic carbocycles. The maximum Gasteiger partial charge on any atom is 0.0705 e. The van der Waals surface area contributed by atoms with Gasteiger partial charge in [-0.3, -0.25) is 9.67 Å². The summed E-state index contributed by atoms with van der Waals surface area (Å²) in [7, 11) is 0. The lowest BCUT2D eigenvalue weighted by molar-refractivity contribution is 0.660. The van der Waals surface area contributed by atoms with E-state index in [0.29, 0.717) is 6.54 Å². The zero-order valence-electron chi connectivity index (χ0n) is 12.5. The number of nitrogens with two attached hydrogens (primary N) is 1. The molecule has 0 aliphatic heterocycles. The second-order valence-corrected chi connectivity index (χ2v) is 5.33. The molecule has 0 fully saturated rings. The molecule has 0 bridgehead atoms. The van der Waals surface area contributed by atoms with Gasteiger partial charge in [-0.05, 0) is 50.1 Å². The molecule has 21 heavy (non-hydrogen) atoms. The summed E-state index contributed by atoms with van der Waals surface area (Å²) in [6.45, 7) is 5.60. The second-order valence-electron chi connectivity index (χ2n) is 5.33. The van der Waals surface area contributed by atoms with E-state index in [1.54, 1.807) is 0 Å². The standard InChI is InChI=1S/C17H20N4/c1-12-15(7-9-18)13(2)21(20-12)11-14-8-10-19-17-6-4-3-5-16(14)17/h3-6,8,10H,7,9,11,18H2,1-2H3. The largest absolute Gasteiger partial charge is 0.330 e. The Balaban J connectivity index is 2.01. The minimum atomic E-state index is 0.658. The third-order valence-electron chi connectivity index (χ3n) is 3.99. The number of para-hydroxylation sites is 1. The van der Waals surface area contributed by atoms with Crippen LogP contribution in [0.3, 0.4) is 0 Å². The van der Waals surface area contributed by atoms with Crippen LogP contribution in [0.1, 0.15) is 22.5 Å². The fourth-order valence-corrected chi connectivity index (χ4v) is 2.85. The van der Waals surface area contributed by atoms with Gasteiger partial charge in [0.15, 0.2) is 0 Å². The third kappa shape index (κ3) is 2.54. The number of hydrogen-bond acceptors (Lipinski definition) is 3. The van der Waals surface area contributed by atoms with E-state index in [4.69, 9.17) is 5.73 Å². The molecule has 0 spiro atoms. The van der Waals surface area contributed by atoms with Crippen LogP contribution in [-0.2, 0) is 13.0 Å². The number of rotatable bonds is 4. The Bertz CT molecular complexity index is 768. The van der Waals surface area contributed by atoms with E-state index in [1.807, 2.05) is 18.3 Å². The molecule has 4 heteroatoms. The van der Waals surface area contributed by atoms with Gasteiger partial charge in [0.05, 0.1) is 17.8 Å². The van der Waals surface area contributed by atoms with Crippen molar-refractivity contribution in [1.29, 1.82) is 0 Å².